The van der Waals surface area contributed by atoms with Crippen molar-refractivity contribution in [1.82, 2.24) is 9.88 Å². The molecule has 29 heavy (non-hydrogen) atoms. The van der Waals surface area contributed by atoms with Gasteiger partial charge >= 0.3 is 6.03 Å². The Hall–Kier alpha value is -3.61. The minimum absolute atomic E-state index is 0.0428. The van der Waals surface area contributed by atoms with E-state index in [1.54, 1.807) is 11.0 Å². The molecule has 1 saturated heterocycles. The number of carboxylic acid groups (broad SMARTS) is 1. The molecule has 0 saturated carbocycles. The molecular weight excluding hydrogens is 370 g/mol. The van der Waals surface area contributed by atoms with Crippen molar-refractivity contribution in [3.63, 3.8) is 0 Å². The number of aromatic amines is 1. The van der Waals surface area contributed by atoms with Crippen molar-refractivity contribution in [3.8, 4) is 0 Å². The Balaban J connectivity index is 1.66. The first-order valence-electron chi connectivity index (χ1n) is 9.40. The van der Waals surface area contributed by atoms with Crippen molar-refractivity contribution >= 4 is 34.5 Å². The van der Waals surface area contributed by atoms with Gasteiger partial charge in [0, 0.05) is 28.6 Å². The first-order chi connectivity index (χ1) is 13.8. The van der Waals surface area contributed by atoms with Gasteiger partial charge in [0.1, 0.15) is 6.04 Å². The second kappa shape index (κ2) is 5.70. The molecule has 0 unspecified atom stereocenters. The molecule has 0 bridgehead atoms. The zero-order chi connectivity index (χ0) is 20.5. The van der Waals surface area contributed by atoms with Crippen molar-refractivity contribution in [2.45, 2.75) is 31.8 Å². The van der Waals surface area contributed by atoms with Crippen LogP contribution in [0.5, 0.6) is 0 Å². The Morgan fingerprint density at radius 2 is 1.79 bits per heavy atom. The molecule has 5 rings (SSSR count). The van der Waals surface area contributed by atoms with Crippen molar-refractivity contribution in [2.75, 3.05) is 4.90 Å². The largest absolute Gasteiger partial charge is 0.545 e. The molecular formula is C22H18N3O4-. The molecule has 0 spiro atoms. The monoisotopic (exact) mass is 388 g/mol. The van der Waals surface area contributed by atoms with E-state index >= 15 is 0 Å². The molecule has 1 aromatic heterocycles. The Morgan fingerprint density at radius 1 is 1.10 bits per heavy atom. The number of benzene rings is 2. The third-order valence-corrected chi connectivity index (χ3v) is 6.00. The molecule has 7 nitrogen and oxygen atoms in total. The van der Waals surface area contributed by atoms with E-state index in [0.29, 0.717) is 6.42 Å². The maximum absolute atomic E-state index is 13.4. The summed E-state index contributed by atoms with van der Waals surface area (Å²) in [6, 6.07) is 12.6. The number of aromatic nitrogens is 1. The van der Waals surface area contributed by atoms with E-state index < -0.39 is 29.5 Å². The normalized spacial score (nSPS) is 20.1. The number of urea groups is 1. The second-order valence-electron chi connectivity index (χ2n) is 7.93. The molecule has 1 fully saturated rings. The Labute approximate surface area is 166 Å². The van der Waals surface area contributed by atoms with Crippen LogP contribution >= 0.6 is 0 Å². The van der Waals surface area contributed by atoms with Gasteiger partial charge in [-0.15, -0.1) is 0 Å². The topological polar surface area (TPSA) is 96.5 Å². The number of H-pyrrole nitrogens is 1. The molecule has 1 atom stereocenters. The quantitative estimate of drug-likeness (QED) is 0.681. The molecule has 3 heterocycles. The number of carbonyl (C=O) groups excluding carboxylic acids is 3. The van der Waals surface area contributed by atoms with Gasteiger partial charge in [0.15, 0.2) is 0 Å². The van der Waals surface area contributed by atoms with Crippen LogP contribution in [0, 0.1) is 0 Å². The number of nitrogens with one attached hydrogen (secondary N) is 1. The van der Waals surface area contributed by atoms with Crippen molar-refractivity contribution in [2.24, 2.45) is 0 Å². The third kappa shape index (κ3) is 2.21. The highest BCUT2D eigenvalue weighted by Crippen LogP contribution is 2.45. The van der Waals surface area contributed by atoms with Crippen LogP contribution < -0.4 is 10.0 Å². The molecule has 146 valence electrons. The number of hydrogen-bond donors (Lipinski definition) is 1. The van der Waals surface area contributed by atoms with E-state index in [4.69, 9.17) is 0 Å². The fourth-order valence-electron chi connectivity index (χ4n) is 4.71. The number of nitrogens with zero attached hydrogens (tertiary/aromatic N) is 2. The summed E-state index contributed by atoms with van der Waals surface area (Å²) in [5.41, 5.74) is 1.96. The summed E-state index contributed by atoms with van der Waals surface area (Å²) < 4.78 is 0. The van der Waals surface area contributed by atoms with E-state index in [0.717, 1.165) is 27.1 Å². The number of imide groups is 1. The fraction of sp³-hybridized carbons (Fsp3) is 0.227. The minimum Gasteiger partial charge on any atom is -0.545 e. The second-order valence-corrected chi connectivity index (χ2v) is 7.93. The first kappa shape index (κ1) is 17.5. The van der Waals surface area contributed by atoms with Gasteiger partial charge in [0.05, 0.1) is 17.2 Å². The molecule has 7 heteroatoms. The lowest BCUT2D eigenvalue weighted by Gasteiger charge is -2.42. The van der Waals surface area contributed by atoms with Crippen LogP contribution in [0.3, 0.4) is 0 Å². The van der Waals surface area contributed by atoms with Gasteiger partial charge in [0.25, 0.3) is 5.91 Å². The van der Waals surface area contributed by atoms with Gasteiger partial charge in [0.2, 0.25) is 0 Å². The standard InChI is InChI=1S/C22H19N3O4/c1-22(2)18-14(12-7-3-5-9-15(12)23-18)11-17-19(26)24(21(29)25(17)22)16-10-6-4-8-13(16)20(27)28/h3-10,17,23H,11H2,1-2H3,(H,27,28)/p-1/t17-/m0/s1. The average molecular weight is 388 g/mol. The third-order valence-electron chi connectivity index (χ3n) is 6.00. The highest BCUT2D eigenvalue weighted by Gasteiger charge is 2.56. The number of para-hydroxylation sites is 2. The summed E-state index contributed by atoms with van der Waals surface area (Å²) in [6.45, 7) is 3.79. The Morgan fingerprint density at radius 3 is 2.55 bits per heavy atom. The molecule has 2 aliphatic heterocycles. The van der Waals surface area contributed by atoms with Crippen LogP contribution in [-0.4, -0.2) is 33.8 Å². The van der Waals surface area contributed by atoms with E-state index in [1.807, 2.05) is 38.1 Å². The number of hydrogen-bond acceptors (Lipinski definition) is 4. The van der Waals surface area contributed by atoms with E-state index in [9.17, 15) is 19.5 Å². The molecule has 3 amide bonds. The molecule has 0 radical (unpaired) electrons. The lowest BCUT2D eigenvalue weighted by atomic mass is 9.85. The predicted octanol–water partition coefficient (Wildman–Crippen LogP) is 2.16. The van der Waals surface area contributed by atoms with E-state index in [-0.39, 0.29) is 11.3 Å². The van der Waals surface area contributed by atoms with Crippen LogP contribution in [0.2, 0.25) is 0 Å². The molecule has 3 aromatic rings. The number of carbonyl (C=O) groups is 3. The van der Waals surface area contributed by atoms with E-state index in [2.05, 4.69) is 4.98 Å². The van der Waals surface area contributed by atoms with Crippen LogP contribution in [-0.2, 0) is 16.8 Å². The summed E-state index contributed by atoms with van der Waals surface area (Å²) in [5.74, 6) is -1.85. The van der Waals surface area contributed by atoms with E-state index in [1.165, 1.54) is 18.2 Å². The highest BCUT2D eigenvalue weighted by atomic mass is 16.4. The van der Waals surface area contributed by atoms with Gasteiger partial charge in [-0.1, -0.05) is 36.4 Å². The van der Waals surface area contributed by atoms with Gasteiger partial charge in [-0.25, -0.2) is 9.69 Å². The van der Waals surface area contributed by atoms with Crippen LogP contribution in [0.4, 0.5) is 10.5 Å². The number of rotatable bonds is 2. The predicted molar refractivity (Wildman–Crippen MR) is 104 cm³/mol. The van der Waals surface area contributed by atoms with Crippen LogP contribution in [0.25, 0.3) is 10.9 Å². The van der Waals surface area contributed by atoms with Gasteiger partial charge in [-0.05, 0) is 31.5 Å². The van der Waals surface area contributed by atoms with Crippen molar-refractivity contribution in [1.29, 1.82) is 0 Å². The smallest absolute Gasteiger partial charge is 0.332 e. The molecule has 1 N–H and O–H groups in total. The molecule has 2 aromatic carbocycles. The molecule has 2 aliphatic rings. The summed E-state index contributed by atoms with van der Waals surface area (Å²) >= 11 is 0. The summed E-state index contributed by atoms with van der Waals surface area (Å²) in [5, 5.41) is 12.6. The van der Waals surface area contributed by atoms with Crippen molar-refractivity contribution < 1.29 is 19.5 Å². The van der Waals surface area contributed by atoms with Gasteiger partial charge in [-0.2, -0.15) is 0 Å². The SMILES string of the molecule is CC1(C)c2[nH]c3ccccc3c2C[C@H]2C(=O)N(c3ccccc3C(=O)[O-])C(=O)N21. The number of fused-ring (bicyclic) bond motifs is 4. The summed E-state index contributed by atoms with van der Waals surface area (Å²) in [6.07, 6.45) is 0.372. The first-order valence-corrected chi connectivity index (χ1v) is 9.40. The Kier molecular flexibility index (Phi) is 3.44. The fourth-order valence-corrected chi connectivity index (χ4v) is 4.71. The maximum Gasteiger partial charge on any atom is 0.332 e. The van der Waals surface area contributed by atoms with Crippen molar-refractivity contribution in [3.05, 3.63) is 65.4 Å². The zero-order valence-corrected chi connectivity index (χ0v) is 15.9. The van der Waals surface area contributed by atoms with Crippen LogP contribution in [0.1, 0.15) is 35.5 Å². The van der Waals surface area contributed by atoms with Crippen LogP contribution in [0.15, 0.2) is 48.5 Å². The van der Waals surface area contributed by atoms with Gasteiger partial charge < -0.3 is 19.8 Å². The highest BCUT2D eigenvalue weighted by molar-refractivity contribution is 6.23. The minimum atomic E-state index is -1.43. The molecule has 0 aliphatic carbocycles. The lowest BCUT2D eigenvalue weighted by Crippen LogP contribution is -2.52. The number of amides is 3. The maximum atomic E-state index is 13.4. The average Bonchev–Trinajstić information content (AvgIpc) is 3.19. The zero-order valence-electron chi connectivity index (χ0n) is 15.9. The Bertz CT molecular complexity index is 1210. The number of anilines is 1. The van der Waals surface area contributed by atoms with Gasteiger partial charge in [-0.3, -0.25) is 4.79 Å². The lowest BCUT2D eigenvalue weighted by molar-refractivity contribution is -0.254. The summed E-state index contributed by atoms with van der Waals surface area (Å²) in [4.78, 5) is 44.2. The number of aromatic carboxylic acids is 1. The number of carboxylic acids is 1. The summed E-state index contributed by atoms with van der Waals surface area (Å²) in [7, 11) is 0.